The summed E-state index contributed by atoms with van der Waals surface area (Å²) in [4.78, 5) is 23.0. The summed E-state index contributed by atoms with van der Waals surface area (Å²) in [6, 6.07) is 6.71. The van der Waals surface area contributed by atoms with E-state index in [2.05, 4.69) is 20.8 Å². The minimum atomic E-state index is -0.540. The summed E-state index contributed by atoms with van der Waals surface area (Å²) in [5.74, 6) is 0.272. The quantitative estimate of drug-likeness (QED) is 0.821. The number of amides is 3. The van der Waals surface area contributed by atoms with E-state index in [-0.39, 0.29) is 0 Å². The van der Waals surface area contributed by atoms with Gasteiger partial charge in [0.25, 0.3) is 0 Å². The van der Waals surface area contributed by atoms with Crippen LogP contribution in [0.4, 0.5) is 4.79 Å². The number of hydrogen-bond acceptors (Lipinski definition) is 5. The smallest absolute Gasteiger partial charge is 0.321 e. The van der Waals surface area contributed by atoms with Crippen LogP contribution in [0.25, 0.3) is 11.4 Å². The van der Waals surface area contributed by atoms with Crippen molar-refractivity contribution in [1.82, 2.24) is 25.4 Å². The van der Waals surface area contributed by atoms with Crippen LogP contribution in [0.3, 0.4) is 0 Å². The lowest BCUT2D eigenvalue weighted by molar-refractivity contribution is -0.119. The van der Waals surface area contributed by atoms with Crippen molar-refractivity contribution in [3.63, 3.8) is 0 Å². The summed E-state index contributed by atoms with van der Waals surface area (Å²) in [7, 11) is 3.26. The zero-order valence-electron chi connectivity index (χ0n) is 12.8. The zero-order chi connectivity index (χ0) is 17.0. The number of rotatable bonds is 4. The van der Waals surface area contributed by atoms with E-state index in [0.29, 0.717) is 16.0 Å². The Labute approximate surface area is 142 Å². The van der Waals surface area contributed by atoms with Gasteiger partial charge in [-0.25, -0.2) is 4.79 Å². The normalized spacial score (nSPS) is 11.8. The standard InChI is InChI=1S/C14H16ClN5O2S/c1-8(12(21)17-13(22)16-2)23-14-19-18-11(20(14)3)9-4-6-10(15)7-5-9/h4-8H,1-3H3,(H2,16,17,21,22)/t8-/m0/s1. The number of imide groups is 1. The summed E-state index contributed by atoms with van der Waals surface area (Å²) in [5, 5.41) is 13.5. The predicted octanol–water partition coefficient (Wildman–Crippen LogP) is 2.07. The lowest BCUT2D eigenvalue weighted by atomic mass is 10.2. The first-order valence-corrected chi connectivity index (χ1v) is 8.02. The molecule has 1 aromatic carbocycles. The third-order valence-corrected chi connectivity index (χ3v) is 4.44. The number of halogens is 1. The second kappa shape index (κ2) is 7.47. The first-order valence-electron chi connectivity index (χ1n) is 6.77. The molecule has 1 heterocycles. The fourth-order valence-corrected chi connectivity index (χ4v) is 2.70. The highest BCUT2D eigenvalue weighted by atomic mass is 35.5. The van der Waals surface area contributed by atoms with E-state index in [4.69, 9.17) is 11.6 Å². The maximum atomic E-state index is 11.9. The van der Waals surface area contributed by atoms with Crippen molar-refractivity contribution < 1.29 is 9.59 Å². The van der Waals surface area contributed by atoms with Gasteiger partial charge in [-0.2, -0.15) is 0 Å². The third-order valence-electron chi connectivity index (χ3n) is 3.05. The molecule has 9 heteroatoms. The molecule has 0 aliphatic heterocycles. The SMILES string of the molecule is CNC(=O)NC(=O)[C@H](C)Sc1nnc(-c2ccc(Cl)cc2)n1C. The zero-order valence-corrected chi connectivity index (χ0v) is 14.4. The van der Waals surface area contributed by atoms with Crippen molar-refractivity contribution in [1.29, 1.82) is 0 Å². The number of thioether (sulfide) groups is 1. The highest BCUT2D eigenvalue weighted by Gasteiger charge is 2.20. The largest absolute Gasteiger partial charge is 0.341 e. The Kier molecular flexibility index (Phi) is 5.62. The maximum absolute atomic E-state index is 11.9. The van der Waals surface area contributed by atoms with Gasteiger partial charge in [-0.3, -0.25) is 10.1 Å². The molecule has 0 saturated heterocycles. The summed E-state index contributed by atoms with van der Waals surface area (Å²) in [6.07, 6.45) is 0. The Morgan fingerprint density at radius 1 is 1.26 bits per heavy atom. The Bertz CT molecular complexity index is 716. The first-order chi connectivity index (χ1) is 10.9. The summed E-state index contributed by atoms with van der Waals surface area (Å²) in [5.41, 5.74) is 0.874. The van der Waals surface area contributed by atoms with Gasteiger partial charge in [-0.05, 0) is 31.2 Å². The van der Waals surface area contributed by atoms with Crippen molar-refractivity contribution >= 4 is 35.3 Å². The van der Waals surface area contributed by atoms with Gasteiger partial charge in [0.05, 0.1) is 5.25 Å². The van der Waals surface area contributed by atoms with Gasteiger partial charge < -0.3 is 9.88 Å². The molecule has 0 aliphatic rings. The molecule has 0 saturated carbocycles. The predicted molar refractivity (Wildman–Crippen MR) is 89.4 cm³/mol. The number of carbonyl (C=O) groups is 2. The number of carbonyl (C=O) groups excluding carboxylic acids is 2. The van der Waals surface area contributed by atoms with Crippen LogP contribution >= 0.6 is 23.4 Å². The molecular weight excluding hydrogens is 338 g/mol. The summed E-state index contributed by atoms with van der Waals surface area (Å²) < 4.78 is 1.79. The molecule has 1 aromatic heterocycles. The van der Waals surface area contributed by atoms with Gasteiger partial charge >= 0.3 is 6.03 Å². The monoisotopic (exact) mass is 353 g/mol. The van der Waals surface area contributed by atoms with E-state index in [0.717, 1.165) is 5.56 Å². The van der Waals surface area contributed by atoms with E-state index >= 15 is 0 Å². The van der Waals surface area contributed by atoms with E-state index in [1.165, 1.54) is 18.8 Å². The van der Waals surface area contributed by atoms with Gasteiger partial charge in [-0.15, -0.1) is 10.2 Å². The number of hydrogen-bond donors (Lipinski definition) is 2. The topological polar surface area (TPSA) is 88.9 Å². The number of urea groups is 1. The van der Waals surface area contributed by atoms with Crippen molar-refractivity contribution in [2.75, 3.05) is 7.05 Å². The van der Waals surface area contributed by atoms with E-state index < -0.39 is 17.2 Å². The minimum absolute atomic E-state index is 0.398. The third kappa shape index (κ3) is 4.23. The van der Waals surface area contributed by atoms with Crippen LogP contribution in [-0.2, 0) is 11.8 Å². The van der Waals surface area contributed by atoms with Crippen molar-refractivity contribution in [3.8, 4) is 11.4 Å². The Hall–Kier alpha value is -2.06. The van der Waals surface area contributed by atoms with E-state index in [9.17, 15) is 9.59 Å². The second-order valence-corrected chi connectivity index (χ2v) is 6.44. The van der Waals surface area contributed by atoms with Crippen LogP contribution in [0, 0.1) is 0 Å². The lowest BCUT2D eigenvalue weighted by Crippen LogP contribution is -2.41. The fourth-order valence-electron chi connectivity index (χ4n) is 1.76. The van der Waals surface area contributed by atoms with Crippen LogP contribution in [0.1, 0.15) is 6.92 Å². The highest BCUT2D eigenvalue weighted by molar-refractivity contribution is 8.00. The molecule has 3 amide bonds. The van der Waals surface area contributed by atoms with Crippen LogP contribution in [0.15, 0.2) is 29.4 Å². The number of aromatic nitrogens is 3. The number of nitrogens with one attached hydrogen (secondary N) is 2. The average molecular weight is 354 g/mol. The maximum Gasteiger partial charge on any atom is 0.321 e. The van der Waals surface area contributed by atoms with Gasteiger partial charge in [0.15, 0.2) is 11.0 Å². The van der Waals surface area contributed by atoms with Gasteiger partial charge in [0.2, 0.25) is 5.91 Å². The number of nitrogens with zero attached hydrogens (tertiary/aromatic N) is 3. The average Bonchev–Trinajstić information content (AvgIpc) is 2.89. The molecule has 23 heavy (non-hydrogen) atoms. The van der Waals surface area contributed by atoms with E-state index in [1.54, 1.807) is 23.6 Å². The molecule has 2 N–H and O–H groups in total. The van der Waals surface area contributed by atoms with Gasteiger partial charge in [0.1, 0.15) is 0 Å². The Morgan fingerprint density at radius 3 is 2.52 bits per heavy atom. The molecule has 2 rings (SSSR count). The molecular formula is C14H16ClN5O2S. The molecule has 0 fully saturated rings. The van der Waals surface area contributed by atoms with Crippen molar-refractivity contribution in [2.45, 2.75) is 17.3 Å². The molecule has 0 radical (unpaired) electrons. The molecule has 7 nitrogen and oxygen atoms in total. The molecule has 0 bridgehead atoms. The van der Waals surface area contributed by atoms with E-state index in [1.807, 2.05) is 19.2 Å². The molecule has 1 atom stereocenters. The molecule has 122 valence electrons. The van der Waals surface area contributed by atoms with Gasteiger partial charge in [0, 0.05) is 24.7 Å². The summed E-state index contributed by atoms with van der Waals surface area (Å²) in [6.45, 7) is 1.69. The lowest BCUT2D eigenvalue weighted by Gasteiger charge is -2.10. The molecule has 0 unspecified atom stereocenters. The highest BCUT2D eigenvalue weighted by Crippen LogP contribution is 2.26. The minimum Gasteiger partial charge on any atom is -0.341 e. The van der Waals surface area contributed by atoms with Crippen LogP contribution in [0.5, 0.6) is 0 Å². The Morgan fingerprint density at radius 2 is 1.91 bits per heavy atom. The second-order valence-electron chi connectivity index (χ2n) is 4.70. The summed E-state index contributed by atoms with van der Waals surface area (Å²) >= 11 is 7.10. The fraction of sp³-hybridized carbons (Fsp3) is 0.286. The molecule has 0 aliphatic carbocycles. The van der Waals surface area contributed by atoms with Crippen LogP contribution in [0.2, 0.25) is 5.02 Å². The Balaban J connectivity index is 2.11. The van der Waals surface area contributed by atoms with Crippen LogP contribution in [-0.4, -0.2) is 39.0 Å². The first kappa shape index (κ1) is 17.3. The van der Waals surface area contributed by atoms with Gasteiger partial charge in [-0.1, -0.05) is 23.4 Å². The molecule has 0 spiro atoms. The van der Waals surface area contributed by atoms with Crippen LogP contribution < -0.4 is 10.6 Å². The van der Waals surface area contributed by atoms with Crippen molar-refractivity contribution in [2.24, 2.45) is 7.05 Å². The molecule has 2 aromatic rings. The number of benzene rings is 1. The van der Waals surface area contributed by atoms with Crippen molar-refractivity contribution in [3.05, 3.63) is 29.3 Å².